The fraction of sp³-hybridized carbons (Fsp3) is 0.647. The molecule has 1 N–H and O–H groups in total. The van der Waals surface area contributed by atoms with E-state index < -0.39 is 0 Å². The summed E-state index contributed by atoms with van der Waals surface area (Å²) in [6.07, 6.45) is 2.46. The third kappa shape index (κ3) is 5.51. The van der Waals surface area contributed by atoms with Crippen LogP contribution in [0.25, 0.3) is 0 Å². The fourth-order valence-corrected chi connectivity index (χ4v) is 2.20. The first-order valence-corrected chi connectivity index (χ1v) is 7.60. The van der Waals surface area contributed by atoms with E-state index in [2.05, 4.69) is 45.1 Å². The van der Waals surface area contributed by atoms with Crippen LogP contribution in [0.4, 0.5) is 0 Å². The standard InChI is InChI=1S/C17H29NO2/c1-6-11-18-16(12-14(4)19-5)15-9-7-8-10-17(15)20-13(2)3/h7-10,13-14,16,18H,6,11-12H2,1-5H3. The van der Waals surface area contributed by atoms with E-state index in [1.54, 1.807) is 7.11 Å². The van der Waals surface area contributed by atoms with Crippen LogP contribution in [0.1, 0.15) is 52.1 Å². The lowest BCUT2D eigenvalue weighted by Crippen LogP contribution is -2.26. The molecule has 0 fully saturated rings. The first kappa shape index (κ1) is 17.0. The average molecular weight is 279 g/mol. The maximum absolute atomic E-state index is 5.94. The number of nitrogens with one attached hydrogen (secondary N) is 1. The van der Waals surface area contributed by atoms with Gasteiger partial charge >= 0.3 is 0 Å². The average Bonchev–Trinajstić information content (AvgIpc) is 2.43. The molecule has 0 saturated carbocycles. The van der Waals surface area contributed by atoms with Gasteiger partial charge in [-0.25, -0.2) is 0 Å². The maximum Gasteiger partial charge on any atom is 0.124 e. The SMILES string of the molecule is CCCNC(CC(C)OC)c1ccccc1OC(C)C. The third-order valence-electron chi connectivity index (χ3n) is 3.27. The van der Waals surface area contributed by atoms with Crippen LogP contribution in [-0.4, -0.2) is 25.9 Å². The van der Waals surface area contributed by atoms with Crippen LogP contribution in [0.3, 0.4) is 0 Å². The second-order valence-electron chi connectivity index (χ2n) is 5.49. The molecule has 2 unspecified atom stereocenters. The van der Waals surface area contributed by atoms with Crippen LogP contribution in [0.5, 0.6) is 5.75 Å². The molecular weight excluding hydrogens is 250 g/mol. The summed E-state index contributed by atoms with van der Waals surface area (Å²) >= 11 is 0. The highest BCUT2D eigenvalue weighted by molar-refractivity contribution is 5.36. The molecule has 0 radical (unpaired) electrons. The Bertz CT molecular complexity index is 379. The van der Waals surface area contributed by atoms with E-state index in [1.807, 2.05) is 12.1 Å². The highest BCUT2D eigenvalue weighted by Gasteiger charge is 2.18. The normalized spacial score (nSPS) is 14.3. The minimum absolute atomic E-state index is 0.183. The number of benzene rings is 1. The maximum atomic E-state index is 5.94. The fourth-order valence-electron chi connectivity index (χ4n) is 2.20. The molecule has 0 aliphatic rings. The van der Waals surface area contributed by atoms with E-state index in [9.17, 15) is 0 Å². The van der Waals surface area contributed by atoms with Crippen molar-refractivity contribution < 1.29 is 9.47 Å². The lowest BCUT2D eigenvalue weighted by molar-refractivity contribution is 0.0997. The molecule has 2 atom stereocenters. The number of hydrogen-bond acceptors (Lipinski definition) is 3. The first-order chi connectivity index (χ1) is 9.58. The van der Waals surface area contributed by atoms with Gasteiger partial charge in [-0.2, -0.15) is 0 Å². The summed E-state index contributed by atoms with van der Waals surface area (Å²) in [6, 6.07) is 8.55. The molecule has 3 nitrogen and oxygen atoms in total. The van der Waals surface area contributed by atoms with Crippen LogP contribution in [0.2, 0.25) is 0 Å². The van der Waals surface area contributed by atoms with Crippen molar-refractivity contribution in [2.24, 2.45) is 0 Å². The number of rotatable bonds is 9. The Morgan fingerprint density at radius 1 is 1.15 bits per heavy atom. The Morgan fingerprint density at radius 3 is 2.45 bits per heavy atom. The van der Waals surface area contributed by atoms with Crippen molar-refractivity contribution in [3.8, 4) is 5.75 Å². The van der Waals surface area contributed by atoms with Gasteiger partial charge < -0.3 is 14.8 Å². The second-order valence-corrected chi connectivity index (χ2v) is 5.49. The van der Waals surface area contributed by atoms with Crippen LogP contribution < -0.4 is 10.1 Å². The molecule has 1 aromatic carbocycles. The van der Waals surface area contributed by atoms with Gasteiger partial charge in [0.15, 0.2) is 0 Å². The molecule has 114 valence electrons. The quantitative estimate of drug-likeness (QED) is 0.742. The third-order valence-corrected chi connectivity index (χ3v) is 3.27. The van der Waals surface area contributed by atoms with Crippen molar-refractivity contribution in [2.45, 2.75) is 58.8 Å². The van der Waals surface area contributed by atoms with Gasteiger partial charge in [-0.1, -0.05) is 25.1 Å². The molecule has 1 aromatic rings. The predicted octanol–water partition coefficient (Wildman–Crippen LogP) is 3.94. The van der Waals surface area contributed by atoms with Gasteiger partial charge in [-0.05, 0) is 46.2 Å². The summed E-state index contributed by atoms with van der Waals surface area (Å²) in [4.78, 5) is 0. The van der Waals surface area contributed by atoms with E-state index in [-0.39, 0.29) is 18.2 Å². The first-order valence-electron chi connectivity index (χ1n) is 7.60. The summed E-state index contributed by atoms with van der Waals surface area (Å²) in [5, 5.41) is 3.60. The number of ether oxygens (including phenoxy) is 2. The Balaban J connectivity index is 2.93. The van der Waals surface area contributed by atoms with Crippen LogP contribution >= 0.6 is 0 Å². The second kappa shape index (κ2) is 8.98. The minimum atomic E-state index is 0.183. The molecule has 0 aliphatic heterocycles. The van der Waals surface area contributed by atoms with Gasteiger partial charge in [0.2, 0.25) is 0 Å². The smallest absolute Gasteiger partial charge is 0.124 e. The molecular formula is C17H29NO2. The molecule has 0 spiro atoms. The lowest BCUT2D eigenvalue weighted by atomic mass is 9.99. The summed E-state index contributed by atoms with van der Waals surface area (Å²) in [7, 11) is 1.76. The van der Waals surface area contributed by atoms with Crippen LogP contribution in [0.15, 0.2) is 24.3 Å². The summed E-state index contributed by atoms with van der Waals surface area (Å²) in [5.74, 6) is 0.972. The van der Waals surface area contributed by atoms with E-state index in [0.717, 1.165) is 25.1 Å². The van der Waals surface area contributed by atoms with Crippen LogP contribution in [0, 0.1) is 0 Å². The van der Waals surface area contributed by atoms with Crippen molar-refractivity contribution in [3.05, 3.63) is 29.8 Å². The lowest BCUT2D eigenvalue weighted by Gasteiger charge is -2.25. The van der Waals surface area contributed by atoms with Crippen molar-refractivity contribution in [3.63, 3.8) is 0 Å². The van der Waals surface area contributed by atoms with Gasteiger partial charge in [0.1, 0.15) is 5.75 Å². The Morgan fingerprint density at radius 2 is 1.85 bits per heavy atom. The van der Waals surface area contributed by atoms with Crippen molar-refractivity contribution in [1.82, 2.24) is 5.32 Å². The molecule has 3 heteroatoms. The predicted molar refractivity (Wildman–Crippen MR) is 84.3 cm³/mol. The topological polar surface area (TPSA) is 30.5 Å². The van der Waals surface area contributed by atoms with Crippen molar-refractivity contribution >= 4 is 0 Å². The molecule has 0 bridgehead atoms. The molecule has 0 heterocycles. The number of methoxy groups -OCH3 is 1. The van der Waals surface area contributed by atoms with E-state index in [1.165, 1.54) is 5.56 Å². The highest BCUT2D eigenvalue weighted by Crippen LogP contribution is 2.29. The van der Waals surface area contributed by atoms with E-state index in [4.69, 9.17) is 9.47 Å². The van der Waals surface area contributed by atoms with E-state index >= 15 is 0 Å². The summed E-state index contributed by atoms with van der Waals surface area (Å²) in [5.41, 5.74) is 1.22. The van der Waals surface area contributed by atoms with Crippen molar-refractivity contribution in [2.75, 3.05) is 13.7 Å². The molecule has 20 heavy (non-hydrogen) atoms. The molecule has 0 amide bonds. The van der Waals surface area contributed by atoms with Crippen LogP contribution in [-0.2, 0) is 4.74 Å². The molecule has 0 aromatic heterocycles. The molecule has 1 rings (SSSR count). The Kier molecular flexibility index (Phi) is 7.63. The summed E-state index contributed by atoms with van der Waals surface area (Å²) < 4.78 is 11.4. The van der Waals surface area contributed by atoms with Gasteiger partial charge in [-0.15, -0.1) is 0 Å². The van der Waals surface area contributed by atoms with Gasteiger partial charge in [0, 0.05) is 18.7 Å². The minimum Gasteiger partial charge on any atom is -0.491 e. The zero-order chi connectivity index (χ0) is 15.0. The van der Waals surface area contributed by atoms with E-state index in [0.29, 0.717) is 0 Å². The van der Waals surface area contributed by atoms with Gasteiger partial charge in [0.25, 0.3) is 0 Å². The molecule has 0 saturated heterocycles. The Labute approximate surface area is 123 Å². The van der Waals surface area contributed by atoms with Gasteiger partial charge in [0.05, 0.1) is 12.2 Å². The highest BCUT2D eigenvalue weighted by atomic mass is 16.5. The van der Waals surface area contributed by atoms with Crippen molar-refractivity contribution in [1.29, 1.82) is 0 Å². The monoisotopic (exact) mass is 279 g/mol. The van der Waals surface area contributed by atoms with Gasteiger partial charge in [-0.3, -0.25) is 0 Å². The number of hydrogen-bond donors (Lipinski definition) is 1. The largest absolute Gasteiger partial charge is 0.491 e. The zero-order valence-corrected chi connectivity index (χ0v) is 13.5. The zero-order valence-electron chi connectivity index (χ0n) is 13.5. The summed E-state index contributed by atoms with van der Waals surface area (Å²) in [6.45, 7) is 9.40. The Hall–Kier alpha value is -1.06. The number of para-hydroxylation sites is 1. The molecule has 0 aliphatic carbocycles.